The van der Waals surface area contributed by atoms with E-state index in [-0.39, 0.29) is 17.3 Å². The zero-order valence-electron chi connectivity index (χ0n) is 12.9. The van der Waals surface area contributed by atoms with Gasteiger partial charge in [-0.2, -0.15) is 0 Å². The van der Waals surface area contributed by atoms with Gasteiger partial charge in [-0.15, -0.1) is 0 Å². The molecule has 1 saturated heterocycles. The molecule has 23 heavy (non-hydrogen) atoms. The summed E-state index contributed by atoms with van der Waals surface area (Å²) >= 11 is 0. The molecule has 120 valence electrons. The van der Waals surface area contributed by atoms with Crippen molar-refractivity contribution in [3.63, 3.8) is 0 Å². The summed E-state index contributed by atoms with van der Waals surface area (Å²) in [5.41, 5.74) is 2.15. The van der Waals surface area contributed by atoms with E-state index < -0.39 is 5.97 Å². The molecule has 1 heterocycles. The van der Waals surface area contributed by atoms with E-state index in [1.165, 1.54) is 23.8 Å². The van der Waals surface area contributed by atoms with Crippen molar-refractivity contribution in [1.82, 2.24) is 4.90 Å². The van der Waals surface area contributed by atoms with Crippen molar-refractivity contribution in [3.05, 3.63) is 71.0 Å². The molecule has 0 saturated carbocycles. The Morgan fingerprint density at radius 3 is 2.48 bits per heavy atom. The van der Waals surface area contributed by atoms with Gasteiger partial charge in [0.15, 0.2) is 0 Å². The average Bonchev–Trinajstić information content (AvgIpc) is 2.56. The smallest absolute Gasteiger partial charge is 0.335 e. The molecule has 0 atom stereocenters. The molecule has 0 aromatic heterocycles. The van der Waals surface area contributed by atoms with Gasteiger partial charge in [0.2, 0.25) is 0 Å². The molecule has 0 radical (unpaired) electrons. The third-order valence-electron chi connectivity index (χ3n) is 4.52. The number of piperidine rings is 1. The second-order valence-corrected chi connectivity index (χ2v) is 6.07. The quantitative estimate of drug-likeness (QED) is 0.930. The van der Waals surface area contributed by atoms with Crippen LogP contribution in [-0.2, 0) is 6.54 Å². The summed E-state index contributed by atoms with van der Waals surface area (Å²) in [5, 5.41) is 9.30. The Bertz CT molecular complexity index is 679. The Kier molecular flexibility index (Phi) is 4.72. The van der Waals surface area contributed by atoms with E-state index in [4.69, 9.17) is 0 Å². The molecule has 1 aliphatic heterocycles. The molecular weight excluding hydrogens is 293 g/mol. The van der Waals surface area contributed by atoms with Crippen LogP contribution in [0.2, 0.25) is 0 Å². The van der Waals surface area contributed by atoms with Crippen LogP contribution in [0.25, 0.3) is 0 Å². The van der Waals surface area contributed by atoms with Gasteiger partial charge in [0.1, 0.15) is 5.82 Å². The standard InChI is InChI=1S/C19H20FNO2/c20-16-6-7-17(19(22)23)18(12-16)15-8-10-21(11-9-15)13-14-4-2-1-3-5-14/h1-7,12,15H,8-11,13H2,(H,22,23). The van der Waals surface area contributed by atoms with Crippen molar-refractivity contribution in [2.24, 2.45) is 0 Å². The highest BCUT2D eigenvalue weighted by Gasteiger charge is 2.24. The largest absolute Gasteiger partial charge is 0.478 e. The third-order valence-corrected chi connectivity index (χ3v) is 4.52. The molecule has 0 unspecified atom stereocenters. The molecule has 3 rings (SSSR count). The lowest BCUT2D eigenvalue weighted by Gasteiger charge is -2.32. The lowest BCUT2D eigenvalue weighted by Crippen LogP contribution is -2.32. The number of hydrogen-bond acceptors (Lipinski definition) is 2. The Labute approximate surface area is 135 Å². The topological polar surface area (TPSA) is 40.5 Å². The maximum absolute atomic E-state index is 13.5. The summed E-state index contributed by atoms with van der Waals surface area (Å²) in [4.78, 5) is 13.7. The van der Waals surface area contributed by atoms with Crippen LogP contribution in [0, 0.1) is 5.82 Å². The van der Waals surface area contributed by atoms with Crippen LogP contribution < -0.4 is 0 Å². The number of aromatic carboxylic acids is 1. The van der Waals surface area contributed by atoms with Crippen LogP contribution in [0.5, 0.6) is 0 Å². The Morgan fingerprint density at radius 1 is 1.13 bits per heavy atom. The molecule has 1 aliphatic rings. The van der Waals surface area contributed by atoms with Gasteiger partial charge in [0.25, 0.3) is 0 Å². The Balaban J connectivity index is 1.67. The van der Waals surface area contributed by atoms with E-state index in [9.17, 15) is 14.3 Å². The first-order chi connectivity index (χ1) is 11.1. The molecule has 4 heteroatoms. The van der Waals surface area contributed by atoms with Crippen LogP contribution >= 0.6 is 0 Å². The monoisotopic (exact) mass is 313 g/mol. The average molecular weight is 313 g/mol. The number of halogens is 1. The SMILES string of the molecule is O=C(O)c1ccc(F)cc1C1CCN(Cc2ccccc2)CC1. The maximum Gasteiger partial charge on any atom is 0.335 e. The zero-order chi connectivity index (χ0) is 16.2. The number of nitrogens with zero attached hydrogens (tertiary/aromatic N) is 1. The molecule has 1 fully saturated rings. The van der Waals surface area contributed by atoms with Crippen molar-refractivity contribution in [3.8, 4) is 0 Å². The van der Waals surface area contributed by atoms with Crippen molar-refractivity contribution in [2.75, 3.05) is 13.1 Å². The van der Waals surface area contributed by atoms with Gasteiger partial charge in [0, 0.05) is 6.54 Å². The fourth-order valence-electron chi connectivity index (χ4n) is 3.31. The van der Waals surface area contributed by atoms with Crippen LogP contribution in [0.3, 0.4) is 0 Å². The minimum atomic E-state index is -0.980. The lowest BCUT2D eigenvalue weighted by molar-refractivity contribution is 0.0694. The molecule has 3 nitrogen and oxygen atoms in total. The number of benzene rings is 2. The molecule has 1 N–H and O–H groups in total. The summed E-state index contributed by atoms with van der Waals surface area (Å²) in [6.45, 7) is 2.70. The van der Waals surface area contributed by atoms with Gasteiger partial charge in [-0.25, -0.2) is 9.18 Å². The molecule has 0 bridgehead atoms. The molecular formula is C19H20FNO2. The van der Waals surface area contributed by atoms with E-state index in [0.29, 0.717) is 5.56 Å². The summed E-state index contributed by atoms with van der Waals surface area (Å²) in [7, 11) is 0. The van der Waals surface area contributed by atoms with Gasteiger partial charge < -0.3 is 5.11 Å². The summed E-state index contributed by atoms with van der Waals surface area (Å²) in [6, 6.07) is 14.3. The van der Waals surface area contributed by atoms with E-state index in [2.05, 4.69) is 17.0 Å². The molecule has 2 aromatic carbocycles. The van der Waals surface area contributed by atoms with Crippen molar-refractivity contribution in [1.29, 1.82) is 0 Å². The normalized spacial score (nSPS) is 16.4. The Hall–Kier alpha value is -2.20. The number of carboxylic acid groups (broad SMARTS) is 1. The van der Waals surface area contributed by atoms with Gasteiger partial charge in [-0.05, 0) is 61.2 Å². The van der Waals surface area contributed by atoms with Crippen molar-refractivity contribution in [2.45, 2.75) is 25.3 Å². The summed E-state index contributed by atoms with van der Waals surface area (Å²) < 4.78 is 13.5. The highest BCUT2D eigenvalue weighted by Crippen LogP contribution is 2.31. The van der Waals surface area contributed by atoms with Gasteiger partial charge in [-0.3, -0.25) is 4.90 Å². The van der Waals surface area contributed by atoms with E-state index in [1.54, 1.807) is 0 Å². The zero-order valence-corrected chi connectivity index (χ0v) is 12.9. The number of hydrogen-bond donors (Lipinski definition) is 1. The highest BCUT2D eigenvalue weighted by molar-refractivity contribution is 5.89. The van der Waals surface area contributed by atoms with Gasteiger partial charge in [0.05, 0.1) is 5.56 Å². The Morgan fingerprint density at radius 2 is 1.83 bits per heavy atom. The predicted octanol–water partition coefficient (Wildman–Crippen LogP) is 3.90. The van der Waals surface area contributed by atoms with Gasteiger partial charge in [-0.1, -0.05) is 30.3 Å². The maximum atomic E-state index is 13.5. The minimum Gasteiger partial charge on any atom is -0.478 e. The van der Waals surface area contributed by atoms with E-state index in [1.807, 2.05) is 18.2 Å². The molecule has 0 amide bonds. The van der Waals surface area contributed by atoms with Crippen molar-refractivity contribution < 1.29 is 14.3 Å². The highest BCUT2D eigenvalue weighted by atomic mass is 19.1. The van der Waals surface area contributed by atoms with Crippen molar-refractivity contribution >= 4 is 5.97 Å². The predicted molar refractivity (Wildman–Crippen MR) is 87.1 cm³/mol. The molecule has 2 aromatic rings. The summed E-state index contributed by atoms with van der Waals surface area (Å²) in [6.07, 6.45) is 1.72. The number of likely N-dealkylation sites (tertiary alicyclic amines) is 1. The second-order valence-electron chi connectivity index (χ2n) is 6.07. The van der Waals surface area contributed by atoms with E-state index in [0.717, 1.165) is 32.5 Å². The first kappa shape index (κ1) is 15.7. The lowest BCUT2D eigenvalue weighted by atomic mass is 9.86. The second kappa shape index (κ2) is 6.92. The first-order valence-corrected chi connectivity index (χ1v) is 7.92. The number of rotatable bonds is 4. The minimum absolute atomic E-state index is 0.115. The van der Waals surface area contributed by atoms with Crippen LogP contribution in [0.4, 0.5) is 4.39 Å². The van der Waals surface area contributed by atoms with Crippen LogP contribution in [-0.4, -0.2) is 29.1 Å². The fourth-order valence-corrected chi connectivity index (χ4v) is 3.31. The first-order valence-electron chi connectivity index (χ1n) is 7.92. The third kappa shape index (κ3) is 3.77. The fraction of sp³-hybridized carbons (Fsp3) is 0.316. The van der Waals surface area contributed by atoms with E-state index >= 15 is 0 Å². The number of carboxylic acids is 1. The van der Waals surface area contributed by atoms with Gasteiger partial charge >= 0.3 is 5.97 Å². The molecule has 0 spiro atoms. The van der Waals surface area contributed by atoms with Crippen LogP contribution in [0.1, 0.15) is 40.2 Å². The summed E-state index contributed by atoms with van der Waals surface area (Å²) in [5.74, 6) is -1.23. The molecule has 0 aliphatic carbocycles. The van der Waals surface area contributed by atoms with Crippen LogP contribution in [0.15, 0.2) is 48.5 Å². The number of carbonyl (C=O) groups is 1.